The van der Waals surface area contributed by atoms with Crippen molar-refractivity contribution in [3.63, 3.8) is 0 Å². The molecule has 1 aromatic rings. The van der Waals surface area contributed by atoms with Crippen LogP contribution < -0.4 is 5.32 Å². The summed E-state index contributed by atoms with van der Waals surface area (Å²) < 4.78 is 41.3. The molecule has 1 atom stereocenters. The fraction of sp³-hybridized carbons (Fsp3) is 0.667. The third-order valence-electron chi connectivity index (χ3n) is 3.52. The molecular weight excluding hydrogens is 259 g/mol. The summed E-state index contributed by atoms with van der Waals surface area (Å²) in [5.74, 6) is -1.02. The number of carbonyl (C=O) groups excluding carboxylic acids is 1. The molecule has 4 nitrogen and oxygen atoms in total. The fourth-order valence-electron chi connectivity index (χ4n) is 2.41. The Hall–Kier alpha value is -1.37. The number of Topliss-reactive ketones (excluding diaryl/α,β-unsaturated/α-hetero) is 1. The van der Waals surface area contributed by atoms with Gasteiger partial charge in [0, 0.05) is 25.5 Å². The summed E-state index contributed by atoms with van der Waals surface area (Å²) in [6.07, 6.45) is -1.14. The molecule has 0 amide bonds. The van der Waals surface area contributed by atoms with Crippen LogP contribution in [0.15, 0.2) is 12.4 Å². The summed E-state index contributed by atoms with van der Waals surface area (Å²) >= 11 is 0. The number of carbonyl (C=O) groups is 1. The minimum Gasteiger partial charge on any atom is -0.329 e. The van der Waals surface area contributed by atoms with Gasteiger partial charge in [-0.25, -0.2) is 4.98 Å². The van der Waals surface area contributed by atoms with Crippen molar-refractivity contribution in [1.29, 1.82) is 0 Å². The first-order valence-electron chi connectivity index (χ1n) is 6.26. The van der Waals surface area contributed by atoms with Gasteiger partial charge in [-0.2, -0.15) is 13.2 Å². The van der Waals surface area contributed by atoms with E-state index in [1.807, 2.05) is 6.92 Å². The summed E-state index contributed by atoms with van der Waals surface area (Å²) in [7, 11) is 0. The average Bonchev–Trinajstić information content (AvgIpc) is 2.96. The Kier molecular flexibility index (Phi) is 3.66. The van der Waals surface area contributed by atoms with E-state index in [2.05, 4.69) is 10.3 Å². The van der Waals surface area contributed by atoms with Gasteiger partial charge in [0.05, 0.1) is 0 Å². The molecule has 0 radical (unpaired) electrons. The maximum Gasteiger partial charge on any atom is 0.403 e. The van der Waals surface area contributed by atoms with Crippen LogP contribution in [-0.2, 0) is 6.54 Å². The fourth-order valence-corrected chi connectivity index (χ4v) is 2.41. The first-order valence-corrected chi connectivity index (χ1v) is 6.26. The minimum atomic E-state index is -4.56. The van der Waals surface area contributed by atoms with Gasteiger partial charge in [-0.15, -0.1) is 0 Å². The summed E-state index contributed by atoms with van der Waals surface area (Å²) in [6.45, 7) is 2.21. The zero-order valence-corrected chi connectivity index (χ0v) is 10.6. The predicted octanol–water partition coefficient (Wildman–Crippen LogP) is 2.02. The zero-order valence-electron chi connectivity index (χ0n) is 10.6. The van der Waals surface area contributed by atoms with Gasteiger partial charge in [-0.05, 0) is 19.4 Å². The van der Waals surface area contributed by atoms with Crippen LogP contribution in [0.2, 0.25) is 0 Å². The number of rotatable bonds is 4. The quantitative estimate of drug-likeness (QED) is 0.855. The molecule has 1 unspecified atom stereocenters. The highest BCUT2D eigenvalue weighted by atomic mass is 19.4. The SMILES string of the molecule is CCCn1ccnc1C(=O)C1(C(F)(F)F)CCNC1. The topological polar surface area (TPSA) is 46.9 Å². The van der Waals surface area contributed by atoms with E-state index in [0.29, 0.717) is 6.54 Å². The van der Waals surface area contributed by atoms with Crippen LogP contribution in [0.3, 0.4) is 0 Å². The molecule has 7 heteroatoms. The van der Waals surface area contributed by atoms with Gasteiger partial charge in [0.25, 0.3) is 0 Å². The second kappa shape index (κ2) is 4.96. The van der Waals surface area contributed by atoms with E-state index in [1.165, 1.54) is 10.8 Å². The van der Waals surface area contributed by atoms with Crippen molar-refractivity contribution in [2.45, 2.75) is 32.5 Å². The lowest BCUT2D eigenvalue weighted by molar-refractivity contribution is -0.197. The minimum absolute atomic E-state index is 0.0946. The molecule has 0 aromatic carbocycles. The highest BCUT2D eigenvalue weighted by Gasteiger charge is 2.62. The average molecular weight is 275 g/mol. The number of ketones is 1. The van der Waals surface area contributed by atoms with Crippen LogP contribution >= 0.6 is 0 Å². The van der Waals surface area contributed by atoms with Crippen molar-refractivity contribution in [3.05, 3.63) is 18.2 Å². The second-order valence-electron chi connectivity index (χ2n) is 4.78. The largest absolute Gasteiger partial charge is 0.403 e. The van der Waals surface area contributed by atoms with Crippen LogP contribution in [0.5, 0.6) is 0 Å². The maximum absolute atomic E-state index is 13.3. The highest BCUT2D eigenvalue weighted by Crippen LogP contribution is 2.45. The summed E-state index contributed by atoms with van der Waals surface area (Å²) in [4.78, 5) is 16.2. The van der Waals surface area contributed by atoms with Gasteiger partial charge < -0.3 is 9.88 Å². The van der Waals surface area contributed by atoms with Gasteiger partial charge in [0.2, 0.25) is 5.78 Å². The summed E-state index contributed by atoms with van der Waals surface area (Å²) in [5.41, 5.74) is -2.33. The zero-order chi connectivity index (χ0) is 14.1. The maximum atomic E-state index is 13.3. The monoisotopic (exact) mass is 275 g/mol. The van der Waals surface area contributed by atoms with Crippen molar-refractivity contribution in [1.82, 2.24) is 14.9 Å². The Bertz CT molecular complexity index is 461. The molecule has 19 heavy (non-hydrogen) atoms. The smallest absolute Gasteiger partial charge is 0.329 e. The first-order chi connectivity index (χ1) is 8.92. The molecule has 106 valence electrons. The number of hydrogen-bond donors (Lipinski definition) is 1. The molecule has 0 spiro atoms. The molecule has 2 rings (SSSR count). The van der Waals surface area contributed by atoms with E-state index in [4.69, 9.17) is 0 Å². The Morgan fingerprint density at radius 3 is 2.84 bits per heavy atom. The molecule has 2 heterocycles. The molecule has 1 aliphatic rings. The Morgan fingerprint density at radius 2 is 2.32 bits per heavy atom. The molecule has 0 saturated carbocycles. The number of alkyl halides is 3. The molecule has 1 fully saturated rings. The van der Waals surface area contributed by atoms with Crippen LogP contribution in [-0.4, -0.2) is 34.6 Å². The van der Waals surface area contributed by atoms with Gasteiger partial charge in [-0.3, -0.25) is 4.79 Å². The highest BCUT2D eigenvalue weighted by molar-refractivity contribution is 5.98. The van der Waals surface area contributed by atoms with E-state index in [0.717, 1.165) is 6.42 Å². The van der Waals surface area contributed by atoms with Gasteiger partial charge >= 0.3 is 6.18 Å². The summed E-state index contributed by atoms with van der Waals surface area (Å²) in [6, 6.07) is 0. The van der Waals surface area contributed by atoms with Crippen molar-refractivity contribution >= 4 is 5.78 Å². The molecule has 1 aromatic heterocycles. The summed E-state index contributed by atoms with van der Waals surface area (Å²) in [5, 5.41) is 2.64. The van der Waals surface area contributed by atoms with E-state index >= 15 is 0 Å². The van der Waals surface area contributed by atoms with Gasteiger partial charge in [-0.1, -0.05) is 6.92 Å². The van der Waals surface area contributed by atoms with E-state index in [1.54, 1.807) is 6.20 Å². The molecular formula is C12H16F3N3O. The van der Waals surface area contributed by atoms with Crippen molar-refractivity contribution in [2.75, 3.05) is 13.1 Å². The van der Waals surface area contributed by atoms with Crippen molar-refractivity contribution < 1.29 is 18.0 Å². The Labute approximate surface area is 109 Å². The lowest BCUT2D eigenvalue weighted by Gasteiger charge is -2.28. The number of imidazole rings is 1. The van der Waals surface area contributed by atoms with Crippen LogP contribution in [0.25, 0.3) is 0 Å². The Morgan fingerprint density at radius 1 is 1.58 bits per heavy atom. The van der Waals surface area contributed by atoms with Crippen molar-refractivity contribution in [2.24, 2.45) is 5.41 Å². The predicted molar refractivity (Wildman–Crippen MR) is 62.8 cm³/mol. The van der Waals surface area contributed by atoms with Gasteiger partial charge in [0.1, 0.15) is 5.41 Å². The van der Waals surface area contributed by atoms with Crippen molar-refractivity contribution in [3.8, 4) is 0 Å². The van der Waals surface area contributed by atoms with E-state index in [-0.39, 0.29) is 25.3 Å². The first kappa shape index (κ1) is 14.0. The van der Waals surface area contributed by atoms with E-state index in [9.17, 15) is 18.0 Å². The number of halogens is 3. The number of aromatic nitrogens is 2. The second-order valence-corrected chi connectivity index (χ2v) is 4.78. The number of aryl methyl sites for hydroxylation is 1. The number of nitrogens with zero attached hydrogens (tertiary/aromatic N) is 2. The number of hydrogen-bond acceptors (Lipinski definition) is 3. The lowest BCUT2D eigenvalue weighted by atomic mass is 9.81. The third-order valence-corrected chi connectivity index (χ3v) is 3.52. The molecule has 1 N–H and O–H groups in total. The molecule has 0 aliphatic carbocycles. The standard InChI is InChI=1S/C12H16F3N3O/c1-2-6-18-7-5-17-10(18)9(19)11(12(13,14)15)3-4-16-8-11/h5,7,16H,2-4,6,8H2,1H3. The molecule has 0 bridgehead atoms. The van der Waals surface area contributed by atoms with Crippen LogP contribution in [0.4, 0.5) is 13.2 Å². The van der Waals surface area contributed by atoms with Gasteiger partial charge in [0.15, 0.2) is 5.82 Å². The molecule has 1 aliphatic heterocycles. The third kappa shape index (κ3) is 2.27. The van der Waals surface area contributed by atoms with Crippen LogP contribution in [0, 0.1) is 5.41 Å². The van der Waals surface area contributed by atoms with E-state index < -0.39 is 17.4 Å². The molecule has 1 saturated heterocycles. The Balaban J connectivity index is 2.38. The number of nitrogens with one attached hydrogen (secondary N) is 1. The van der Waals surface area contributed by atoms with Crippen LogP contribution in [0.1, 0.15) is 30.4 Å². The normalized spacial score (nSPS) is 23.8. The lowest BCUT2D eigenvalue weighted by Crippen LogP contribution is -2.47.